The van der Waals surface area contributed by atoms with E-state index in [2.05, 4.69) is 48.5 Å². The Morgan fingerprint density at radius 2 is 0.596 bits per heavy atom. The second-order valence-electron chi connectivity index (χ2n) is 14.1. The first-order valence-electron chi connectivity index (χ1n) is 18.7. The van der Waals surface area contributed by atoms with E-state index < -0.39 is 12.8 Å². The van der Waals surface area contributed by atoms with Crippen LogP contribution < -0.4 is 8.32 Å². The van der Waals surface area contributed by atoms with E-state index >= 15 is 0 Å². The van der Waals surface area contributed by atoms with Crippen molar-refractivity contribution in [2.75, 3.05) is 0 Å². The van der Waals surface area contributed by atoms with Crippen molar-refractivity contribution in [2.45, 2.75) is 0 Å². The van der Waals surface area contributed by atoms with Gasteiger partial charge < -0.3 is 0 Å². The predicted molar refractivity (Wildman–Crippen MR) is 239 cm³/mol. The summed E-state index contributed by atoms with van der Waals surface area (Å²) < 4.78 is 0.905. The number of hydrogen-bond donors (Lipinski definition) is 2. The van der Waals surface area contributed by atoms with E-state index in [4.69, 9.17) is 19.4 Å². The van der Waals surface area contributed by atoms with Gasteiger partial charge in [-0.05, 0) is 0 Å². The first kappa shape index (κ1) is 35.5. The normalized spacial score (nSPS) is 12.1. The van der Waals surface area contributed by atoms with Gasteiger partial charge in [-0.2, -0.15) is 0 Å². The van der Waals surface area contributed by atoms with Gasteiger partial charge in [0.15, 0.2) is 0 Å². The van der Waals surface area contributed by atoms with Gasteiger partial charge in [0.1, 0.15) is 0 Å². The zero-order valence-corrected chi connectivity index (χ0v) is 33.7. The van der Waals surface area contributed by atoms with Crippen LogP contribution in [0.25, 0.3) is 87.6 Å². The van der Waals surface area contributed by atoms with Gasteiger partial charge in [0.25, 0.3) is 0 Å². The van der Waals surface area contributed by atoms with Crippen molar-refractivity contribution in [3.05, 3.63) is 194 Å². The minimum atomic E-state index is -4.75. The van der Waals surface area contributed by atoms with Gasteiger partial charge in [0, 0.05) is 0 Å². The molecule has 5 heteroatoms. The van der Waals surface area contributed by atoms with Gasteiger partial charge in [-0.25, -0.2) is 0 Å². The second kappa shape index (κ2) is 14.2. The van der Waals surface area contributed by atoms with Crippen molar-refractivity contribution in [3.8, 4) is 56.0 Å². The quantitative estimate of drug-likeness (QED) is 0.129. The zero-order chi connectivity index (χ0) is 38.7. The first-order chi connectivity index (χ1) is 27.9. The molecule has 0 heterocycles. The van der Waals surface area contributed by atoms with Crippen LogP contribution in [0.2, 0.25) is 0 Å². The number of aromatic hydroxyl groups is 2. The number of hydrogen-bond acceptors (Lipinski definition) is 2. The molecule has 57 heavy (non-hydrogen) atoms. The fraction of sp³-hybridized carbons (Fsp3) is 0. The van der Waals surface area contributed by atoms with Gasteiger partial charge in [-0.15, -0.1) is 0 Å². The Morgan fingerprint density at radius 3 is 0.947 bits per heavy atom. The molecule has 0 amide bonds. The molecular formula is C52H34Cl2O2Ru. The third kappa shape index (κ3) is 5.72. The van der Waals surface area contributed by atoms with Crippen LogP contribution in [0.1, 0.15) is 0 Å². The molecule has 0 aliphatic rings. The van der Waals surface area contributed by atoms with Crippen molar-refractivity contribution in [1.82, 2.24) is 0 Å². The van der Waals surface area contributed by atoms with Crippen LogP contribution in [0.5, 0.6) is 11.5 Å². The number of phenols is 2. The van der Waals surface area contributed by atoms with E-state index in [0.717, 1.165) is 76.8 Å². The standard InChI is InChI=1S/2C26H17O.2ClH.Ru/c2*27-24-17-23(18-9-3-1-4-10-18)25(20-12-5-2-6-13-20)26-21-14-8-7-11-19(21)15-16-22(24)26;;;/h2*1-16,27H;2*1H;/q;;;;+2/p-2. The average Bonchev–Trinajstić information content (AvgIpc) is 3.27. The summed E-state index contributed by atoms with van der Waals surface area (Å²) in [6.45, 7) is 0. The maximum atomic E-state index is 13.0. The minimum absolute atomic E-state index is 0.0177. The summed E-state index contributed by atoms with van der Waals surface area (Å²) in [7, 11) is 16.6. The molecule has 2 N–H and O–H groups in total. The van der Waals surface area contributed by atoms with E-state index in [0.29, 0.717) is 19.1 Å². The fourth-order valence-electron chi connectivity index (χ4n) is 8.46. The van der Waals surface area contributed by atoms with Crippen LogP contribution in [-0.4, -0.2) is 10.2 Å². The molecule has 0 spiro atoms. The summed E-state index contributed by atoms with van der Waals surface area (Å²) >= 11 is -4.75. The van der Waals surface area contributed by atoms with Crippen molar-refractivity contribution < 1.29 is 23.0 Å². The molecule has 2 nitrogen and oxygen atoms in total. The van der Waals surface area contributed by atoms with Crippen LogP contribution in [0.4, 0.5) is 0 Å². The molecule has 10 rings (SSSR count). The summed E-state index contributed by atoms with van der Waals surface area (Å²) in [5.41, 5.74) is 6.98. The third-order valence-corrected chi connectivity index (χ3v) is 17.9. The molecule has 10 aromatic rings. The molecule has 0 atom stereocenters. The summed E-state index contributed by atoms with van der Waals surface area (Å²) in [6, 6.07) is 65.2. The van der Waals surface area contributed by atoms with Crippen molar-refractivity contribution in [3.63, 3.8) is 0 Å². The van der Waals surface area contributed by atoms with Crippen molar-refractivity contribution in [2.24, 2.45) is 0 Å². The molecule has 0 saturated carbocycles. The molecule has 0 fully saturated rings. The van der Waals surface area contributed by atoms with Gasteiger partial charge in [-0.1, -0.05) is 0 Å². The summed E-state index contributed by atoms with van der Waals surface area (Å²) in [4.78, 5) is 0. The van der Waals surface area contributed by atoms with E-state index in [1.807, 2.05) is 146 Å². The molecule has 0 aromatic heterocycles. The summed E-state index contributed by atoms with van der Waals surface area (Å²) in [5, 5.41) is 33.2. The Balaban J connectivity index is 1.45. The monoisotopic (exact) mass is 862 g/mol. The van der Waals surface area contributed by atoms with Gasteiger partial charge in [-0.3, -0.25) is 0 Å². The van der Waals surface area contributed by atoms with Crippen LogP contribution in [0.15, 0.2) is 194 Å². The average molecular weight is 863 g/mol. The first-order valence-corrected chi connectivity index (χ1v) is 24.9. The van der Waals surface area contributed by atoms with Gasteiger partial charge in [0.2, 0.25) is 0 Å². The van der Waals surface area contributed by atoms with Crippen molar-refractivity contribution in [1.29, 1.82) is 0 Å². The molecule has 0 saturated heterocycles. The van der Waals surface area contributed by atoms with Gasteiger partial charge >= 0.3 is 344 Å². The summed E-state index contributed by atoms with van der Waals surface area (Å²) in [6.07, 6.45) is 0. The van der Waals surface area contributed by atoms with E-state index in [9.17, 15) is 10.2 Å². The van der Waals surface area contributed by atoms with Crippen LogP contribution >= 0.6 is 19.4 Å². The molecular weight excluding hydrogens is 829 g/mol. The Kier molecular flexibility index (Phi) is 8.84. The third-order valence-electron chi connectivity index (χ3n) is 10.9. The van der Waals surface area contributed by atoms with Crippen LogP contribution in [0.3, 0.4) is 0 Å². The molecule has 276 valence electrons. The predicted octanol–water partition coefficient (Wildman–Crippen LogP) is 13.8. The van der Waals surface area contributed by atoms with Crippen molar-refractivity contribution >= 4 is 70.8 Å². The molecule has 0 aliphatic carbocycles. The number of fused-ring (bicyclic) bond motifs is 6. The van der Waals surface area contributed by atoms with E-state index in [1.54, 1.807) is 0 Å². The number of rotatable bonds is 6. The Labute approximate surface area is 341 Å². The topological polar surface area (TPSA) is 40.5 Å². The summed E-state index contributed by atoms with van der Waals surface area (Å²) in [5.74, 6) is 0.0355. The zero-order valence-electron chi connectivity index (χ0n) is 30.5. The molecule has 0 radical (unpaired) electrons. The molecule has 0 aliphatic heterocycles. The van der Waals surface area contributed by atoms with E-state index in [-0.39, 0.29) is 11.5 Å². The Bertz CT molecular complexity index is 2940. The molecule has 0 bridgehead atoms. The number of halogens is 2. The van der Waals surface area contributed by atoms with E-state index in [1.165, 1.54) is 0 Å². The molecule has 0 unspecified atom stereocenters. The SMILES string of the molecule is Oc1[c]([Ru]([Cl])([Cl])[c]2c(-c3ccccc3)c(-c3ccccc3)c3c(ccc4ccccc43)c2O)c(-c2ccccc2)c(-c2ccccc2)c2c1ccc1ccccc12. The number of benzene rings is 10. The molecule has 10 aromatic carbocycles. The maximum absolute atomic E-state index is 13.0. The number of phenolic OH excluding ortho intramolecular Hbond substituents is 2. The Hall–Kier alpha value is -5.96. The fourth-order valence-corrected chi connectivity index (χ4v) is 15.5. The van der Waals surface area contributed by atoms with Crippen LogP contribution in [-0.2, 0) is 12.8 Å². The van der Waals surface area contributed by atoms with Gasteiger partial charge in [0.05, 0.1) is 0 Å². The Morgan fingerprint density at radius 1 is 0.298 bits per heavy atom. The van der Waals surface area contributed by atoms with Crippen LogP contribution in [0, 0.1) is 0 Å². The second-order valence-corrected chi connectivity index (χ2v) is 23.4.